The number of imidazole rings is 1. The molecule has 6 rings (SSSR count). The average molecular weight is 664 g/mol. The summed E-state index contributed by atoms with van der Waals surface area (Å²) in [6, 6.07) is 24.3. The molecule has 0 saturated carbocycles. The van der Waals surface area contributed by atoms with E-state index in [-0.39, 0.29) is 36.2 Å². The van der Waals surface area contributed by atoms with Gasteiger partial charge in [-0.25, -0.2) is 14.6 Å². The molecule has 0 atom stereocenters. The molecule has 1 fully saturated rings. The molecular formula is C37H41N7O5. The summed E-state index contributed by atoms with van der Waals surface area (Å²) in [4.78, 5) is 48.5. The van der Waals surface area contributed by atoms with Crippen molar-refractivity contribution < 1.29 is 19.1 Å². The van der Waals surface area contributed by atoms with Crippen LogP contribution in [0.2, 0.25) is 0 Å². The van der Waals surface area contributed by atoms with Crippen molar-refractivity contribution in [1.29, 1.82) is 0 Å². The van der Waals surface area contributed by atoms with Gasteiger partial charge in [0.2, 0.25) is 0 Å². The first-order valence-electron chi connectivity index (χ1n) is 16.2. The van der Waals surface area contributed by atoms with E-state index in [1.165, 1.54) is 0 Å². The van der Waals surface area contributed by atoms with Crippen LogP contribution in [0.15, 0.2) is 89.9 Å². The van der Waals surface area contributed by atoms with Crippen molar-refractivity contribution >= 4 is 34.5 Å². The number of amides is 2. The number of benzene rings is 3. The zero-order valence-electron chi connectivity index (χ0n) is 28.2. The minimum Gasteiger partial charge on any atom is -0.453 e. The van der Waals surface area contributed by atoms with Gasteiger partial charge in [0.05, 0.1) is 24.8 Å². The van der Waals surface area contributed by atoms with Crippen LogP contribution in [0.3, 0.4) is 0 Å². The molecule has 49 heavy (non-hydrogen) atoms. The molecule has 0 unspecified atom stereocenters. The van der Waals surface area contributed by atoms with Gasteiger partial charge in [-0.15, -0.1) is 0 Å². The van der Waals surface area contributed by atoms with E-state index in [1.54, 1.807) is 44.5 Å². The van der Waals surface area contributed by atoms with E-state index >= 15 is 0 Å². The molecule has 3 heterocycles. The molecule has 0 spiro atoms. The van der Waals surface area contributed by atoms with Crippen LogP contribution in [0.1, 0.15) is 42.3 Å². The van der Waals surface area contributed by atoms with E-state index < -0.39 is 11.5 Å². The van der Waals surface area contributed by atoms with Gasteiger partial charge in [0.15, 0.2) is 11.6 Å². The molecule has 12 nitrogen and oxygen atoms in total. The first-order valence-corrected chi connectivity index (χ1v) is 16.2. The molecule has 0 bridgehead atoms. The Morgan fingerprint density at radius 1 is 0.837 bits per heavy atom. The summed E-state index contributed by atoms with van der Waals surface area (Å²) in [5.74, 6) is 0.497. The lowest BCUT2D eigenvalue weighted by molar-refractivity contribution is 0.0240. The van der Waals surface area contributed by atoms with E-state index in [0.717, 1.165) is 16.8 Å². The fourth-order valence-corrected chi connectivity index (χ4v) is 6.05. The molecular weight excluding hydrogens is 622 g/mol. The summed E-state index contributed by atoms with van der Waals surface area (Å²) >= 11 is 0. The van der Waals surface area contributed by atoms with Gasteiger partial charge >= 0.3 is 11.8 Å². The van der Waals surface area contributed by atoms with Crippen LogP contribution in [0.25, 0.3) is 11.0 Å². The molecule has 0 aliphatic carbocycles. The number of primary amides is 1. The maximum absolute atomic E-state index is 14.6. The second kappa shape index (κ2) is 13.8. The van der Waals surface area contributed by atoms with Crippen molar-refractivity contribution in [3.8, 4) is 11.5 Å². The number of hydrogen-bond donors (Lipinski definition) is 2. The predicted octanol–water partition coefficient (Wildman–Crippen LogP) is 5.28. The highest BCUT2D eigenvalue weighted by Gasteiger charge is 2.30. The highest BCUT2D eigenvalue weighted by atomic mass is 16.6. The van der Waals surface area contributed by atoms with Crippen LogP contribution < -0.4 is 26.4 Å². The van der Waals surface area contributed by atoms with Crippen molar-refractivity contribution in [2.75, 3.05) is 43.4 Å². The second-order valence-corrected chi connectivity index (χ2v) is 12.9. The average Bonchev–Trinajstić information content (AvgIpc) is 3.35. The summed E-state index contributed by atoms with van der Waals surface area (Å²) in [6.45, 7) is 7.83. The molecule has 254 valence electrons. The number of piperazine rings is 1. The molecule has 2 amide bonds. The number of carbonyl (C=O) groups excluding carboxylic acids is 2. The Hall–Kier alpha value is -5.78. The fraction of sp³-hybridized carbons (Fsp3) is 0.297. The number of nitrogens with zero attached hydrogens (tertiary/aromatic N) is 5. The number of carbonyl (C=O) groups is 2. The molecule has 5 aromatic rings. The van der Waals surface area contributed by atoms with Crippen LogP contribution in [0.5, 0.6) is 11.5 Å². The lowest BCUT2D eigenvalue weighted by Crippen LogP contribution is -2.50. The topological polar surface area (TPSA) is 137 Å². The Bertz CT molecular complexity index is 2040. The standard InChI is InChI=1S/C37H41N7O5/c1-37(2,3)49-36(47)42-20-18-41(19-21-42)34-32-31(30(22-40-34)48-29-17-11-9-15-27(29)33(38)45)44(24-26-14-8-10-16-28(26)39-4)35(46)43(32)23-25-12-6-5-7-13-25/h5-17,22,39H,18-21,23-24H2,1-4H3,(H2,38,45). The van der Waals surface area contributed by atoms with Gasteiger partial charge in [-0.05, 0) is 50.1 Å². The third-order valence-electron chi connectivity index (χ3n) is 8.38. The number of fused-ring (bicyclic) bond motifs is 1. The predicted molar refractivity (Wildman–Crippen MR) is 190 cm³/mol. The van der Waals surface area contributed by atoms with E-state index in [9.17, 15) is 14.4 Å². The highest BCUT2D eigenvalue weighted by molar-refractivity contribution is 5.96. The van der Waals surface area contributed by atoms with Gasteiger partial charge in [0.25, 0.3) is 5.91 Å². The van der Waals surface area contributed by atoms with Crippen LogP contribution in [-0.4, -0.2) is 69.8 Å². The number of anilines is 2. The van der Waals surface area contributed by atoms with Crippen molar-refractivity contribution in [3.63, 3.8) is 0 Å². The smallest absolute Gasteiger partial charge is 0.410 e. The van der Waals surface area contributed by atoms with Gasteiger partial charge in [-0.1, -0.05) is 60.7 Å². The lowest BCUT2D eigenvalue weighted by atomic mass is 10.1. The molecule has 12 heteroatoms. The quantitative estimate of drug-likeness (QED) is 0.217. The number of nitrogens with one attached hydrogen (secondary N) is 1. The Kier molecular flexibility index (Phi) is 9.30. The van der Waals surface area contributed by atoms with E-state index in [1.807, 2.05) is 82.4 Å². The number of aromatic nitrogens is 3. The molecule has 1 saturated heterocycles. The number of hydrogen-bond acceptors (Lipinski definition) is 8. The third-order valence-corrected chi connectivity index (χ3v) is 8.38. The number of nitrogens with two attached hydrogens (primary N) is 1. The van der Waals surface area contributed by atoms with Crippen LogP contribution >= 0.6 is 0 Å². The van der Waals surface area contributed by atoms with E-state index in [2.05, 4.69) is 10.2 Å². The SMILES string of the molecule is CNc1ccccc1Cn1c(=O)n(Cc2ccccc2)c2c(N3CCN(C(=O)OC(C)(C)C)CC3)ncc(Oc3ccccc3C(N)=O)c21. The van der Waals surface area contributed by atoms with Crippen LogP contribution in [0, 0.1) is 0 Å². The van der Waals surface area contributed by atoms with Crippen molar-refractivity contribution in [3.05, 3.63) is 112 Å². The Labute approximate surface area is 284 Å². The summed E-state index contributed by atoms with van der Waals surface area (Å²) in [5.41, 5.74) is 8.87. The van der Waals surface area contributed by atoms with Crippen molar-refractivity contribution in [1.82, 2.24) is 19.0 Å². The molecule has 3 N–H and O–H groups in total. The zero-order valence-corrected chi connectivity index (χ0v) is 28.2. The summed E-state index contributed by atoms with van der Waals surface area (Å²) < 4.78 is 15.5. The zero-order chi connectivity index (χ0) is 34.7. The monoisotopic (exact) mass is 663 g/mol. The molecule has 3 aromatic carbocycles. The van der Waals surface area contributed by atoms with Crippen LogP contribution in [0.4, 0.5) is 16.3 Å². The van der Waals surface area contributed by atoms with E-state index in [0.29, 0.717) is 48.8 Å². The maximum atomic E-state index is 14.6. The Morgan fingerprint density at radius 3 is 2.18 bits per heavy atom. The molecule has 1 aliphatic rings. The largest absolute Gasteiger partial charge is 0.453 e. The fourth-order valence-electron chi connectivity index (χ4n) is 6.05. The van der Waals surface area contributed by atoms with E-state index in [4.69, 9.17) is 20.2 Å². The second-order valence-electron chi connectivity index (χ2n) is 12.9. The van der Waals surface area contributed by atoms with Gasteiger partial charge < -0.3 is 30.3 Å². The first kappa shape index (κ1) is 33.1. The van der Waals surface area contributed by atoms with Gasteiger partial charge in [-0.2, -0.15) is 0 Å². The van der Waals surface area contributed by atoms with Crippen molar-refractivity contribution in [2.45, 2.75) is 39.5 Å². The summed E-state index contributed by atoms with van der Waals surface area (Å²) in [5, 5.41) is 3.23. The van der Waals surface area contributed by atoms with Gasteiger partial charge in [-0.3, -0.25) is 13.9 Å². The normalized spacial score (nSPS) is 13.4. The summed E-state index contributed by atoms with van der Waals surface area (Å²) in [6.07, 6.45) is 1.22. The number of pyridine rings is 1. The number of para-hydroxylation sites is 2. The summed E-state index contributed by atoms with van der Waals surface area (Å²) in [7, 11) is 1.84. The minimum absolute atomic E-state index is 0.205. The minimum atomic E-state index is -0.638. The lowest BCUT2D eigenvalue weighted by Gasteiger charge is -2.36. The van der Waals surface area contributed by atoms with Gasteiger partial charge in [0.1, 0.15) is 22.4 Å². The third kappa shape index (κ3) is 7.08. The number of ether oxygens (including phenoxy) is 2. The molecule has 0 radical (unpaired) electrons. The van der Waals surface area contributed by atoms with Crippen molar-refractivity contribution in [2.24, 2.45) is 5.73 Å². The Morgan fingerprint density at radius 2 is 1.49 bits per heavy atom. The maximum Gasteiger partial charge on any atom is 0.410 e. The van der Waals surface area contributed by atoms with Crippen LogP contribution in [-0.2, 0) is 17.8 Å². The van der Waals surface area contributed by atoms with Gasteiger partial charge in [0, 0.05) is 38.9 Å². The Balaban J connectivity index is 1.52. The molecule has 2 aromatic heterocycles. The first-order chi connectivity index (χ1) is 23.5. The highest BCUT2D eigenvalue weighted by Crippen LogP contribution is 2.36. The number of rotatable bonds is 9. The molecule has 1 aliphatic heterocycles.